The van der Waals surface area contributed by atoms with Gasteiger partial charge in [-0.05, 0) is 77.5 Å². The highest BCUT2D eigenvalue weighted by atomic mass is 32.2. The lowest BCUT2D eigenvalue weighted by Crippen LogP contribution is -2.48. The molecule has 0 spiro atoms. The number of hydrogen-bond acceptors (Lipinski definition) is 8. The van der Waals surface area contributed by atoms with E-state index < -0.39 is 27.7 Å². The Kier molecular flexibility index (Phi) is 9.84. The van der Waals surface area contributed by atoms with Crippen LogP contribution in [0.25, 0.3) is 0 Å². The molecule has 1 aromatic heterocycles. The Morgan fingerprint density at radius 2 is 1.56 bits per heavy atom. The fourth-order valence-electron chi connectivity index (χ4n) is 4.01. The second-order valence-electron chi connectivity index (χ2n) is 10.5. The van der Waals surface area contributed by atoms with E-state index in [9.17, 15) is 22.8 Å². The van der Waals surface area contributed by atoms with Gasteiger partial charge in [-0.2, -0.15) is 0 Å². The number of carbonyl (C=O) groups excluding carboxylic acids is 3. The van der Waals surface area contributed by atoms with Gasteiger partial charge in [0.15, 0.2) is 0 Å². The fourth-order valence-corrected chi connectivity index (χ4v) is 4.92. The third kappa shape index (κ3) is 9.82. The number of benzene rings is 1. The summed E-state index contributed by atoms with van der Waals surface area (Å²) in [7, 11) is -4.07. The number of aromatic nitrogens is 2. The van der Waals surface area contributed by atoms with Crippen molar-refractivity contribution in [3.8, 4) is 0 Å². The van der Waals surface area contributed by atoms with Crippen molar-refractivity contribution in [3.63, 3.8) is 0 Å². The molecule has 0 radical (unpaired) electrons. The van der Waals surface area contributed by atoms with Crippen LogP contribution >= 0.6 is 0 Å². The van der Waals surface area contributed by atoms with Gasteiger partial charge in [-0.1, -0.05) is 12.1 Å². The molecule has 1 aromatic carbocycles. The SMILES string of the molecule is Cc1cnc(C(=O)NCCc2ccc(S(=O)(=O)NC(=O)NC3CCC(NC(=O)OC(C)(C)C)CC3)cc2)cn1. The van der Waals surface area contributed by atoms with Crippen LogP contribution in [-0.2, 0) is 21.2 Å². The lowest BCUT2D eigenvalue weighted by molar-refractivity contribution is 0.0489. The van der Waals surface area contributed by atoms with Crippen molar-refractivity contribution in [3.05, 3.63) is 53.6 Å². The molecule has 13 heteroatoms. The molecule has 39 heavy (non-hydrogen) atoms. The third-order valence-corrected chi connectivity index (χ3v) is 7.30. The number of hydrogen-bond donors (Lipinski definition) is 4. The number of carbonyl (C=O) groups is 3. The molecule has 2 aromatic rings. The Balaban J connectivity index is 1.41. The highest BCUT2D eigenvalue weighted by molar-refractivity contribution is 7.90. The summed E-state index contributed by atoms with van der Waals surface area (Å²) in [6, 6.07) is 5.00. The average molecular weight is 561 g/mol. The largest absolute Gasteiger partial charge is 0.444 e. The second kappa shape index (κ2) is 12.9. The minimum atomic E-state index is -4.07. The van der Waals surface area contributed by atoms with Crippen LogP contribution in [0.3, 0.4) is 0 Å². The van der Waals surface area contributed by atoms with Crippen molar-refractivity contribution < 1.29 is 27.5 Å². The van der Waals surface area contributed by atoms with E-state index in [0.29, 0.717) is 44.3 Å². The maximum absolute atomic E-state index is 12.7. The zero-order chi connectivity index (χ0) is 28.6. The standard InChI is InChI=1S/C26H36N6O6S/c1-17-15-29-22(16-28-17)23(33)27-14-13-18-5-11-21(12-6-18)39(36,37)32-24(34)30-19-7-9-20(10-8-19)31-25(35)38-26(2,3)4/h5-6,11-12,15-16,19-20H,7-10,13-14H2,1-4H3,(H,27,33)(H,31,35)(H2,30,32,34). The number of alkyl carbamates (subject to hydrolysis) is 1. The van der Waals surface area contributed by atoms with Crippen LogP contribution in [0.2, 0.25) is 0 Å². The molecule has 1 saturated carbocycles. The molecule has 4 N–H and O–H groups in total. The van der Waals surface area contributed by atoms with Crippen molar-refractivity contribution in [1.29, 1.82) is 0 Å². The first-order chi connectivity index (χ1) is 18.3. The Bertz CT molecular complexity index is 1250. The van der Waals surface area contributed by atoms with Crippen LogP contribution in [0.15, 0.2) is 41.6 Å². The molecule has 3 rings (SSSR count). The van der Waals surface area contributed by atoms with Gasteiger partial charge in [0.1, 0.15) is 11.3 Å². The van der Waals surface area contributed by atoms with Crippen molar-refractivity contribution in [1.82, 2.24) is 30.6 Å². The Hall–Kier alpha value is -3.74. The van der Waals surface area contributed by atoms with E-state index in [1.165, 1.54) is 24.5 Å². The number of ether oxygens (including phenoxy) is 1. The smallest absolute Gasteiger partial charge is 0.407 e. The van der Waals surface area contributed by atoms with E-state index in [1.54, 1.807) is 39.8 Å². The quantitative estimate of drug-likeness (QED) is 0.382. The van der Waals surface area contributed by atoms with E-state index >= 15 is 0 Å². The molecule has 0 unspecified atom stereocenters. The van der Waals surface area contributed by atoms with Crippen molar-refractivity contribution in [2.24, 2.45) is 0 Å². The first kappa shape index (κ1) is 29.8. The van der Waals surface area contributed by atoms with Gasteiger partial charge in [-0.25, -0.2) is 27.7 Å². The van der Waals surface area contributed by atoms with E-state index in [2.05, 4.69) is 30.6 Å². The molecule has 0 aliphatic heterocycles. The molecule has 0 bridgehead atoms. The summed E-state index contributed by atoms with van der Waals surface area (Å²) in [5.74, 6) is -0.343. The summed E-state index contributed by atoms with van der Waals surface area (Å²) in [5.41, 5.74) is 1.16. The monoisotopic (exact) mass is 560 g/mol. The topological polar surface area (TPSA) is 168 Å². The molecule has 12 nitrogen and oxygen atoms in total. The third-order valence-electron chi connectivity index (χ3n) is 5.96. The van der Waals surface area contributed by atoms with Gasteiger partial charge < -0.3 is 20.7 Å². The number of nitrogens with zero attached hydrogens (tertiary/aromatic N) is 2. The van der Waals surface area contributed by atoms with Crippen LogP contribution in [0.5, 0.6) is 0 Å². The highest BCUT2D eigenvalue weighted by Gasteiger charge is 2.27. The van der Waals surface area contributed by atoms with Gasteiger partial charge in [0, 0.05) is 24.8 Å². The van der Waals surface area contributed by atoms with Crippen LogP contribution in [0.1, 0.15) is 68.2 Å². The number of sulfonamides is 1. The Morgan fingerprint density at radius 1 is 0.949 bits per heavy atom. The highest BCUT2D eigenvalue weighted by Crippen LogP contribution is 2.19. The van der Waals surface area contributed by atoms with E-state index in [-0.39, 0.29) is 28.6 Å². The molecule has 1 heterocycles. The summed E-state index contributed by atoms with van der Waals surface area (Å²) in [6.07, 6.45) is 5.38. The summed E-state index contributed by atoms with van der Waals surface area (Å²) in [6.45, 7) is 7.48. The van der Waals surface area contributed by atoms with E-state index in [4.69, 9.17) is 4.74 Å². The number of aryl methyl sites for hydroxylation is 1. The van der Waals surface area contributed by atoms with Crippen LogP contribution in [0, 0.1) is 6.92 Å². The second-order valence-corrected chi connectivity index (χ2v) is 12.1. The maximum Gasteiger partial charge on any atom is 0.407 e. The lowest BCUT2D eigenvalue weighted by Gasteiger charge is -2.30. The van der Waals surface area contributed by atoms with Crippen molar-refractivity contribution >= 4 is 28.1 Å². The van der Waals surface area contributed by atoms with Crippen molar-refractivity contribution in [2.75, 3.05) is 6.54 Å². The Morgan fingerprint density at radius 3 is 2.13 bits per heavy atom. The van der Waals surface area contributed by atoms with Crippen LogP contribution < -0.4 is 20.7 Å². The van der Waals surface area contributed by atoms with Gasteiger partial charge in [0.2, 0.25) is 0 Å². The first-order valence-corrected chi connectivity index (χ1v) is 14.3. The molecule has 212 valence electrons. The Labute approximate surface area is 228 Å². The molecule has 0 atom stereocenters. The van der Waals surface area contributed by atoms with Gasteiger partial charge in [0.05, 0.1) is 16.8 Å². The summed E-state index contributed by atoms with van der Waals surface area (Å²) in [5, 5.41) is 8.28. The lowest BCUT2D eigenvalue weighted by atomic mass is 9.91. The van der Waals surface area contributed by atoms with Crippen LogP contribution in [-0.4, -0.2) is 60.6 Å². The van der Waals surface area contributed by atoms with Gasteiger partial charge >= 0.3 is 12.1 Å². The van der Waals surface area contributed by atoms with Gasteiger partial charge in [-0.3, -0.25) is 9.78 Å². The normalized spacial score (nSPS) is 17.5. The van der Waals surface area contributed by atoms with Crippen LogP contribution in [0.4, 0.5) is 9.59 Å². The zero-order valence-corrected chi connectivity index (χ0v) is 23.4. The molecule has 1 aliphatic rings. The van der Waals surface area contributed by atoms with Gasteiger partial charge in [-0.15, -0.1) is 0 Å². The maximum atomic E-state index is 12.7. The first-order valence-electron chi connectivity index (χ1n) is 12.8. The minimum absolute atomic E-state index is 0.0503. The predicted molar refractivity (Wildman–Crippen MR) is 144 cm³/mol. The van der Waals surface area contributed by atoms with Gasteiger partial charge in [0.25, 0.3) is 15.9 Å². The molecular formula is C26H36N6O6S. The number of amides is 4. The zero-order valence-electron chi connectivity index (χ0n) is 22.6. The average Bonchev–Trinajstić information content (AvgIpc) is 2.84. The molecule has 1 fully saturated rings. The summed E-state index contributed by atoms with van der Waals surface area (Å²) >= 11 is 0. The number of rotatable bonds is 8. The predicted octanol–water partition coefficient (Wildman–Crippen LogP) is 2.58. The van der Waals surface area contributed by atoms with Crippen molar-refractivity contribution in [2.45, 2.75) is 82.4 Å². The number of urea groups is 1. The minimum Gasteiger partial charge on any atom is -0.444 e. The van der Waals surface area contributed by atoms with E-state index in [1.807, 2.05) is 0 Å². The molecular weight excluding hydrogens is 524 g/mol. The van der Waals surface area contributed by atoms with E-state index in [0.717, 1.165) is 5.56 Å². The summed E-state index contributed by atoms with van der Waals surface area (Å²) < 4.78 is 32.6. The fraction of sp³-hybridized carbons (Fsp3) is 0.500. The molecule has 0 saturated heterocycles. The number of nitrogens with one attached hydrogen (secondary N) is 4. The summed E-state index contributed by atoms with van der Waals surface area (Å²) in [4.78, 5) is 44.5. The molecule has 4 amide bonds. The molecule has 1 aliphatic carbocycles.